The maximum atomic E-state index is 12.7. The van der Waals surface area contributed by atoms with E-state index in [9.17, 15) is 9.59 Å². The molecule has 10 heteroatoms. The second-order valence-electron chi connectivity index (χ2n) is 11.8. The fourth-order valence-corrected chi connectivity index (χ4v) is 5.96. The van der Waals surface area contributed by atoms with E-state index in [1.54, 1.807) is 6.20 Å². The number of fused-ring (bicyclic) bond motifs is 1. The molecular weight excluding hydrogens is 492 g/mol. The third-order valence-corrected chi connectivity index (χ3v) is 8.50. The molecule has 0 aromatic carbocycles. The lowest BCUT2D eigenvalue weighted by Gasteiger charge is -2.33. The summed E-state index contributed by atoms with van der Waals surface area (Å²) in [5, 5.41) is 14.7. The number of piperazine rings is 1. The number of likely N-dealkylation sites (N-methyl/N-ethyl adjacent to an activating group) is 1. The van der Waals surface area contributed by atoms with E-state index in [-0.39, 0.29) is 5.91 Å². The zero-order valence-electron chi connectivity index (χ0n) is 22.9. The first kappa shape index (κ1) is 26.0. The largest absolute Gasteiger partial charge is 0.367 e. The van der Waals surface area contributed by atoms with Crippen LogP contribution in [0, 0.1) is 5.92 Å². The van der Waals surface area contributed by atoms with Crippen LogP contribution in [0.15, 0.2) is 30.1 Å². The molecule has 0 radical (unpaired) electrons. The van der Waals surface area contributed by atoms with Crippen LogP contribution in [0.3, 0.4) is 0 Å². The van der Waals surface area contributed by atoms with Crippen LogP contribution < -0.4 is 16.0 Å². The first-order valence-electron chi connectivity index (χ1n) is 14.4. The van der Waals surface area contributed by atoms with E-state index in [0.29, 0.717) is 48.9 Å². The molecular formula is C29H40N8O2. The van der Waals surface area contributed by atoms with Gasteiger partial charge in [0.15, 0.2) is 5.65 Å². The van der Waals surface area contributed by atoms with Crippen LogP contribution in [0.5, 0.6) is 0 Å². The molecule has 4 fully saturated rings. The van der Waals surface area contributed by atoms with Crippen molar-refractivity contribution >= 4 is 35.0 Å². The molecule has 4 heterocycles. The number of allylic oxidation sites excluding steroid dienone is 1. The standard InChI is InChI=1S/C29H40N8O2/c1-19-21(15-28(39)31-19)14-22-17-30-37-27(33-24-7-8-24)16-26(34-29(22)37)32-23-5-3-20(4-6-23)13-25(38)18-36-11-9-35(2)10-12-36/h14,16-17,20,23-24,33H,1,3-13,15,18H2,2H3,(H,31,39)(H,32,34)/b21-14+. The van der Waals surface area contributed by atoms with Crippen LogP contribution in [0.1, 0.15) is 56.9 Å². The van der Waals surface area contributed by atoms with E-state index in [0.717, 1.165) is 93.1 Å². The average Bonchev–Trinajstić information content (AvgIpc) is 3.54. The summed E-state index contributed by atoms with van der Waals surface area (Å²) in [6, 6.07) is 2.86. The number of nitrogens with zero attached hydrogens (tertiary/aromatic N) is 5. The van der Waals surface area contributed by atoms with Crippen molar-refractivity contribution in [2.75, 3.05) is 50.4 Å². The van der Waals surface area contributed by atoms with Crippen LogP contribution in [-0.2, 0) is 9.59 Å². The van der Waals surface area contributed by atoms with Crippen LogP contribution in [0.2, 0.25) is 0 Å². The van der Waals surface area contributed by atoms with Crippen LogP contribution >= 0.6 is 0 Å². The number of carbonyl (C=O) groups is 2. The Hall–Kier alpha value is -3.24. The third-order valence-electron chi connectivity index (χ3n) is 8.50. The van der Waals surface area contributed by atoms with E-state index in [1.807, 2.05) is 10.6 Å². The molecule has 2 aliphatic carbocycles. The van der Waals surface area contributed by atoms with Crippen molar-refractivity contribution in [2.45, 2.75) is 63.5 Å². The monoisotopic (exact) mass is 532 g/mol. The zero-order valence-corrected chi connectivity index (χ0v) is 22.9. The second kappa shape index (κ2) is 11.1. The Morgan fingerprint density at radius 1 is 1.10 bits per heavy atom. The van der Waals surface area contributed by atoms with Crippen LogP contribution in [-0.4, -0.2) is 87.9 Å². The fraction of sp³-hybridized carbons (Fsp3) is 0.586. The molecule has 3 N–H and O–H groups in total. The van der Waals surface area contributed by atoms with Gasteiger partial charge in [0.1, 0.15) is 17.4 Å². The first-order valence-corrected chi connectivity index (χ1v) is 14.4. The molecule has 2 aromatic heterocycles. The molecule has 6 rings (SSSR count). The number of anilines is 2. The van der Waals surface area contributed by atoms with Gasteiger partial charge < -0.3 is 20.9 Å². The number of hydrogen-bond donors (Lipinski definition) is 3. The maximum absolute atomic E-state index is 12.7. The van der Waals surface area contributed by atoms with E-state index < -0.39 is 0 Å². The van der Waals surface area contributed by atoms with Gasteiger partial charge in [-0.2, -0.15) is 9.61 Å². The van der Waals surface area contributed by atoms with Gasteiger partial charge in [-0.3, -0.25) is 14.5 Å². The van der Waals surface area contributed by atoms with Crippen molar-refractivity contribution in [3.8, 4) is 0 Å². The van der Waals surface area contributed by atoms with Gasteiger partial charge in [-0.05, 0) is 63.1 Å². The van der Waals surface area contributed by atoms with E-state index >= 15 is 0 Å². The predicted molar refractivity (Wildman–Crippen MR) is 152 cm³/mol. The molecule has 39 heavy (non-hydrogen) atoms. The minimum Gasteiger partial charge on any atom is -0.367 e. The Labute approximate surface area is 229 Å². The molecule has 0 unspecified atom stereocenters. The lowest BCUT2D eigenvalue weighted by molar-refractivity contribution is -0.121. The number of amides is 1. The number of carbonyl (C=O) groups excluding carboxylic acids is 2. The fourth-order valence-electron chi connectivity index (χ4n) is 5.96. The normalized spacial score (nSPS) is 25.8. The van der Waals surface area contributed by atoms with E-state index in [1.165, 1.54) is 0 Å². The topological polar surface area (TPSA) is 107 Å². The molecule has 0 atom stereocenters. The Balaban J connectivity index is 1.10. The lowest BCUT2D eigenvalue weighted by Crippen LogP contribution is -2.46. The summed E-state index contributed by atoms with van der Waals surface area (Å²) < 4.78 is 1.85. The third kappa shape index (κ3) is 6.33. The van der Waals surface area contributed by atoms with Crippen molar-refractivity contribution in [2.24, 2.45) is 5.92 Å². The van der Waals surface area contributed by atoms with Gasteiger partial charge >= 0.3 is 0 Å². The molecule has 1 amide bonds. The van der Waals surface area contributed by atoms with Gasteiger partial charge in [0.25, 0.3) is 0 Å². The highest BCUT2D eigenvalue weighted by Crippen LogP contribution is 2.32. The minimum absolute atomic E-state index is 0.0363. The quantitative estimate of drug-likeness (QED) is 0.453. The van der Waals surface area contributed by atoms with E-state index in [4.69, 9.17) is 4.98 Å². The van der Waals surface area contributed by atoms with Gasteiger partial charge in [-0.25, -0.2) is 4.98 Å². The molecule has 2 saturated heterocycles. The molecule has 0 spiro atoms. The summed E-state index contributed by atoms with van der Waals surface area (Å²) in [5.41, 5.74) is 3.13. The Bertz CT molecular complexity index is 1280. The molecule has 0 bridgehead atoms. The van der Waals surface area contributed by atoms with Gasteiger partial charge in [-0.15, -0.1) is 0 Å². The van der Waals surface area contributed by atoms with Gasteiger partial charge in [0.05, 0.1) is 19.2 Å². The summed E-state index contributed by atoms with van der Waals surface area (Å²) in [6.07, 6.45) is 11.3. The summed E-state index contributed by atoms with van der Waals surface area (Å²) in [6.45, 7) is 8.65. The van der Waals surface area contributed by atoms with Gasteiger partial charge in [-0.1, -0.05) is 6.58 Å². The number of ketones is 1. The second-order valence-corrected chi connectivity index (χ2v) is 11.8. The van der Waals surface area contributed by atoms with Gasteiger partial charge in [0, 0.05) is 62.0 Å². The summed E-state index contributed by atoms with van der Waals surface area (Å²) in [7, 11) is 2.14. The van der Waals surface area contributed by atoms with Crippen molar-refractivity contribution in [3.63, 3.8) is 0 Å². The summed E-state index contributed by atoms with van der Waals surface area (Å²) in [5.74, 6) is 2.60. The minimum atomic E-state index is -0.0363. The summed E-state index contributed by atoms with van der Waals surface area (Å²) >= 11 is 0. The van der Waals surface area contributed by atoms with Crippen LogP contribution in [0.4, 0.5) is 11.6 Å². The van der Waals surface area contributed by atoms with Gasteiger partial charge in [0.2, 0.25) is 5.91 Å². The number of Topliss-reactive ketones (excluding diaryl/α,β-unsaturated/α-hetero) is 1. The van der Waals surface area contributed by atoms with Crippen molar-refractivity contribution in [3.05, 3.63) is 35.7 Å². The maximum Gasteiger partial charge on any atom is 0.228 e. The Morgan fingerprint density at radius 2 is 1.82 bits per heavy atom. The van der Waals surface area contributed by atoms with Crippen molar-refractivity contribution in [1.29, 1.82) is 0 Å². The number of aromatic nitrogens is 3. The highest BCUT2D eigenvalue weighted by Gasteiger charge is 2.27. The average molecular weight is 533 g/mol. The molecule has 4 aliphatic rings. The summed E-state index contributed by atoms with van der Waals surface area (Å²) in [4.78, 5) is 34.1. The Morgan fingerprint density at radius 3 is 2.51 bits per heavy atom. The Kier molecular flexibility index (Phi) is 7.40. The van der Waals surface area contributed by atoms with Crippen molar-refractivity contribution in [1.82, 2.24) is 29.7 Å². The molecule has 10 nitrogen and oxygen atoms in total. The zero-order chi connectivity index (χ0) is 26.9. The van der Waals surface area contributed by atoms with E-state index in [2.05, 4.69) is 50.5 Å². The first-order chi connectivity index (χ1) is 18.9. The number of hydrogen-bond acceptors (Lipinski definition) is 8. The van der Waals surface area contributed by atoms with Crippen LogP contribution in [0.25, 0.3) is 11.7 Å². The number of rotatable bonds is 9. The molecule has 2 saturated carbocycles. The predicted octanol–water partition coefficient (Wildman–Crippen LogP) is 2.90. The van der Waals surface area contributed by atoms with Crippen molar-refractivity contribution < 1.29 is 9.59 Å². The highest BCUT2D eigenvalue weighted by atomic mass is 16.2. The smallest absolute Gasteiger partial charge is 0.228 e. The molecule has 2 aliphatic heterocycles. The highest BCUT2D eigenvalue weighted by molar-refractivity contribution is 5.89. The molecule has 208 valence electrons. The number of nitrogens with one attached hydrogen (secondary N) is 3. The SMILES string of the molecule is C=C1NC(=O)C/C1=C\c1cnn2c(NC3CC3)cc(NC3CCC(CC(=O)CN4CCN(C)CC4)CC3)nc12. The lowest BCUT2D eigenvalue weighted by atomic mass is 9.83. The molecule has 2 aromatic rings.